The molecule has 6 heteroatoms. The second-order valence-electron chi connectivity index (χ2n) is 9.36. The van der Waals surface area contributed by atoms with Gasteiger partial charge in [0.2, 0.25) is 0 Å². The van der Waals surface area contributed by atoms with E-state index in [0.717, 1.165) is 33.6 Å². The molecule has 0 aliphatic carbocycles. The predicted molar refractivity (Wildman–Crippen MR) is 140 cm³/mol. The van der Waals surface area contributed by atoms with Gasteiger partial charge in [-0.05, 0) is 86.8 Å². The fraction of sp³-hybridized carbons (Fsp3) is 0.250. The molecule has 0 unspecified atom stereocenters. The van der Waals surface area contributed by atoms with Gasteiger partial charge in [0, 0.05) is 39.1 Å². The van der Waals surface area contributed by atoms with E-state index in [2.05, 4.69) is 17.1 Å². The zero-order valence-electron chi connectivity index (χ0n) is 19.6. The third-order valence-electron chi connectivity index (χ3n) is 5.69. The Kier molecular flexibility index (Phi) is 6.77. The average molecular weight is 496 g/mol. The van der Waals surface area contributed by atoms with Crippen molar-refractivity contribution in [3.05, 3.63) is 87.4 Å². The molecule has 1 aliphatic heterocycles. The maximum atomic E-state index is 12.5. The summed E-state index contributed by atoms with van der Waals surface area (Å²) in [5.74, 6) is -1.03. The molecule has 0 aromatic heterocycles. The molecule has 1 atom stereocenters. The van der Waals surface area contributed by atoms with Crippen molar-refractivity contribution in [2.24, 2.45) is 0 Å². The van der Waals surface area contributed by atoms with Gasteiger partial charge >= 0.3 is 5.97 Å². The van der Waals surface area contributed by atoms with E-state index in [-0.39, 0.29) is 0 Å². The Bertz CT molecular complexity index is 1240. The molecule has 4 rings (SSSR count). The highest BCUT2D eigenvalue weighted by Crippen LogP contribution is 2.45. The second-order valence-corrected chi connectivity index (χ2v) is 10.2. The number of anilines is 2. The van der Waals surface area contributed by atoms with Crippen LogP contribution in [0.25, 0.3) is 17.2 Å². The summed E-state index contributed by atoms with van der Waals surface area (Å²) < 4.78 is 6.09. The third kappa shape index (κ3) is 5.00. The number of hydrogen-bond acceptors (Lipinski definition) is 3. The Balaban J connectivity index is 2.00. The molecule has 0 saturated heterocycles. The number of nitrogens with zero attached hydrogens (tertiary/aromatic N) is 1. The summed E-state index contributed by atoms with van der Waals surface area (Å²) in [5, 5.41) is 11.5. The molecule has 0 saturated carbocycles. The van der Waals surface area contributed by atoms with Crippen LogP contribution >= 0.6 is 23.2 Å². The first kappa shape index (κ1) is 24.3. The molecule has 0 bridgehead atoms. The number of fused-ring (bicyclic) bond motifs is 1. The molecule has 34 heavy (non-hydrogen) atoms. The van der Waals surface area contributed by atoms with E-state index in [4.69, 9.17) is 27.9 Å². The summed E-state index contributed by atoms with van der Waals surface area (Å²) in [6.45, 7) is 8.21. The topological polar surface area (TPSA) is 49.8 Å². The van der Waals surface area contributed by atoms with Crippen LogP contribution in [0.2, 0.25) is 10.0 Å². The van der Waals surface area contributed by atoms with Crippen LogP contribution in [0.1, 0.15) is 43.6 Å². The van der Waals surface area contributed by atoms with E-state index in [0.29, 0.717) is 22.2 Å². The van der Waals surface area contributed by atoms with Crippen LogP contribution in [0.5, 0.6) is 0 Å². The second kappa shape index (κ2) is 9.46. The lowest BCUT2D eigenvalue weighted by Crippen LogP contribution is -2.29. The van der Waals surface area contributed by atoms with Crippen LogP contribution in [0, 0.1) is 6.92 Å². The van der Waals surface area contributed by atoms with Gasteiger partial charge in [0.25, 0.3) is 0 Å². The van der Waals surface area contributed by atoms with Gasteiger partial charge in [0.05, 0.1) is 5.60 Å². The SMILES string of the molecule is Cc1cc2c(c(-c3ccc(Cl)cc3)c1[C@H](OC(C)(C)C)C(=O)O)C=CCN2c1ccc(Cl)cc1. The zero-order chi connectivity index (χ0) is 24.6. The lowest BCUT2D eigenvalue weighted by atomic mass is 9.85. The Morgan fingerprint density at radius 3 is 2.18 bits per heavy atom. The van der Waals surface area contributed by atoms with Crippen molar-refractivity contribution >= 4 is 46.6 Å². The van der Waals surface area contributed by atoms with Gasteiger partial charge in [-0.3, -0.25) is 0 Å². The summed E-state index contributed by atoms with van der Waals surface area (Å²) in [5.41, 5.74) is 5.49. The Hall–Kier alpha value is -2.79. The van der Waals surface area contributed by atoms with Crippen molar-refractivity contribution in [1.82, 2.24) is 0 Å². The van der Waals surface area contributed by atoms with Gasteiger partial charge in [-0.25, -0.2) is 4.79 Å². The third-order valence-corrected chi connectivity index (χ3v) is 6.19. The molecule has 4 nitrogen and oxygen atoms in total. The quantitative estimate of drug-likeness (QED) is 0.388. The van der Waals surface area contributed by atoms with Gasteiger partial charge in [-0.2, -0.15) is 0 Å². The smallest absolute Gasteiger partial charge is 0.337 e. The van der Waals surface area contributed by atoms with Gasteiger partial charge < -0.3 is 14.7 Å². The Labute approximate surface area is 210 Å². The molecule has 0 amide bonds. The first-order valence-corrected chi connectivity index (χ1v) is 11.8. The summed E-state index contributed by atoms with van der Waals surface area (Å²) in [6, 6.07) is 17.2. The number of aliphatic carboxylic acids is 1. The minimum Gasteiger partial charge on any atom is -0.479 e. The molecule has 176 valence electrons. The number of hydrogen-bond donors (Lipinski definition) is 1. The fourth-order valence-corrected chi connectivity index (χ4v) is 4.57. The van der Waals surface area contributed by atoms with Gasteiger partial charge in [0.15, 0.2) is 6.10 Å². The number of carboxylic acids is 1. The van der Waals surface area contributed by atoms with Gasteiger partial charge in [-0.1, -0.05) is 47.5 Å². The highest BCUT2D eigenvalue weighted by molar-refractivity contribution is 6.31. The molecule has 3 aromatic rings. The maximum Gasteiger partial charge on any atom is 0.337 e. The standard InChI is InChI=1S/C28H27Cl2NO3/c1-17-16-23-22(6-5-15-31(23)21-13-11-20(30)12-14-21)25(18-7-9-19(29)10-8-18)24(17)26(27(32)33)34-28(2,3)4/h5-14,16,26H,15H2,1-4H3,(H,32,33)/t26-/m0/s1. The van der Waals surface area contributed by atoms with E-state index in [1.807, 2.05) is 82.3 Å². The average Bonchev–Trinajstić information content (AvgIpc) is 2.77. The van der Waals surface area contributed by atoms with Crippen molar-refractivity contribution < 1.29 is 14.6 Å². The van der Waals surface area contributed by atoms with E-state index in [1.54, 1.807) is 0 Å². The summed E-state index contributed by atoms with van der Waals surface area (Å²) in [6.07, 6.45) is 3.01. The van der Waals surface area contributed by atoms with Crippen molar-refractivity contribution in [3.8, 4) is 11.1 Å². The highest BCUT2D eigenvalue weighted by atomic mass is 35.5. The molecule has 1 aliphatic rings. The summed E-state index contributed by atoms with van der Waals surface area (Å²) in [7, 11) is 0. The lowest BCUT2D eigenvalue weighted by Gasteiger charge is -2.34. The minimum atomic E-state index is -1.13. The molecule has 0 spiro atoms. The first-order chi connectivity index (χ1) is 16.0. The number of benzene rings is 3. The van der Waals surface area contributed by atoms with Crippen LogP contribution in [0.4, 0.5) is 11.4 Å². The molecular formula is C28H27Cl2NO3. The zero-order valence-corrected chi connectivity index (χ0v) is 21.1. The van der Waals surface area contributed by atoms with Crippen LogP contribution in [0.3, 0.4) is 0 Å². The van der Waals surface area contributed by atoms with Crippen LogP contribution in [0.15, 0.2) is 60.7 Å². The monoisotopic (exact) mass is 495 g/mol. The number of carboxylic acid groups (broad SMARTS) is 1. The van der Waals surface area contributed by atoms with Crippen LogP contribution in [-0.2, 0) is 9.53 Å². The predicted octanol–water partition coefficient (Wildman–Crippen LogP) is 8.07. The van der Waals surface area contributed by atoms with E-state index < -0.39 is 17.7 Å². The molecular weight excluding hydrogens is 469 g/mol. The number of halogens is 2. The number of ether oxygens (including phenoxy) is 1. The van der Waals surface area contributed by atoms with Crippen molar-refractivity contribution in [2.75, 3.05) is 11.4 Å². The fourth-order valence-electron chi connectivity index (χ4n) is 4.31. The molecule has 1 heterocycles. The van der Waals surface area contributed by atoms with Crippen LogP contribution in [-0.4, -0.2) is 23.2 Å². The normalized spacial score (nSPS) is 14.1. The maximum absolute atomic E-state index is 12.5. The highest BCUT2D eigenvalue weighted by Gasteiger charge is 2.33. The summed E-state index contributed by atoms with van der Waals surface area (Å²) >= 11 is 12.3. The Morgan fingerprint density at radius 2 is 1.62 bits per heavy atom. The number of aryl methyl sites for hydroxylation is 1. The first-order valence-electron chi connectivity index (χ1n) is 11.1. The minimum absolute atomic E-state index is 0.617. The number of carbonyl (C=O) groups is 1. The summed E-state index contributed by atoms with van der Waals surface area (Å²) in [4.78, 5) is 14.7. The van der Waals surface area contributed by atoms with Crippen molar-refractivity contribution in [3.63, 3.8) is 0 Å². The molecule has 3 aromatic carbocycles. The van der Waals surface area contributed by atoms with E-state index in [9.17, 15) is 9.90 Å². The molecule has 0 radical (unpaired) electrons. The van der Waals surface area contributed by atoms with E-state index >= 15 is 0 Å². The number of rotatable bonds is 5. The van der Waals surface area contributed by atoms with Crippen molar-refractivity contribution in [2.45, 2.75) is 39.4 Å². The largest absolute Gasteiger partial charge is 0.479 e. The van der Waals surface area contributed by atoms with E-state index in [1.165, 1.54) is 0 Å². The molecule has 1 N–H and O–H groups in total. The van der Waals surface area contributed by atoms with Gasteiger partial charge in [0.1, 0.15) is 0 Å². The Morgan fingerprint density at radius 1 is 1.03 bits per heavy atom. The van der Waals surface area contributed by atoms with Crippen LogP contribution < -0.4 is 4.90 Å². The van der Waals surface area contributed by atoms with Gasteiger partial charge in [-0.15, -0.1) is 0 Å². The molecule has 0 fully saturated rings. The lowest BCUT2D eigenvalue weighted by molar-refractivity contribution is -0.160. The van der Waals surface area contributed by atoms with Crippen molar-refractivity contribution in [1.29, 1.82) is 0 Å².